The summed E-state index contributed by atoms with van der Waals surface area (Å²) >= 11 is 0. The van der Waals surface area contributed by atoms with Crippen LogP contribution in [0.4, 0.5) is 5.82 Å². The Morgan fingerprint density at radius 1 is 1.17 bits per heavy atom. The summed E-state index contributed by atoms with van der Waals surface area (Å²) < 4.78 is 14.2. The smallest absolute Gasteiger partial charge is 0.218 e. The third kappa shape index (κ3) is 3.28. The summed E-state index contributed by atoms with van der Waals surface area (Å²) in [6, 6.07) is 1.72. The number of imidazole rings is 1. The third-order valence-electron chi connectivity index (χ3n) is 3.99. The standard InChI is InChI=1S/C16H20N6OS/c1-11-12(2)21-15(17)13-14(11)22(10-20-13)8-3-4-9-24(23)16-18-6-5-7-19-16/h5-7,10H,3-4,8-9H2,1-2H3,(H2,17,21). The summed E-state index contributed by atoms with van der Waals surface area (Å²) in [6.45, 7) is 4.78. The molecular weight excluding hydrogens is 324 g/mol. The van der Waals surface area contributed by atoms with Gasteiger partial charge in [0.25, 0.3) is 0 Å². The van der Waals surface area contributed by atoms with E-state index in [-0.39, 0.29) is 0 Å². The molecule has 0 fully saturated rings. The molecule has 0 spiro atoms. The zero-order valence-corrected chi connectivity index (χ0v) is 14.6. The maximum atomic E-state index is 12.1. The van der Waals surface area contributed by atoms with E-state index in [0.29, 0.717) is 16.7 Å². The van der Waals surface area contributed by atoms with Crippen LogP contribution in [0.15, 0.2) is 29.9 Å². The van der Waals surface area contributed by atoms with E-state index in [4.69, 9.17) is 5.73 Å². The number of hydrogen-bond donors (Lipinski definition) is 1. The number of pyridine rings is 1. The van der Waals surface area contributed by atoms with E-state index in [2.05, 4.69) is 24.5 Å². The molecular formula is C16H20N6OS. The number of nitrogen functional groups attached to an aromatic ring is 1. The molecule has 3 aromatic rings. The molecule has 7 nitrogen and oxygen atoms in total. The van der Waals surface area contributed by atoms with Gasteiger partial charge in [-0.3, -0.25) is 4.21 Å². The second-order valence-electron chi connectivity index (χ2n) is 5.63. The summed E-state index contributed by atoms with van der Waals surface area (Å²) in [5.41, 5.74) is 9.76. The Hall–Kier alpha value is -2.35. The lowest BCUT2D eigenvalue weighted by Crippen LogP contribution is -2.05. The normalized spacial score (nSPS) is 12.6. The Labute approximate surface area is 142 Å². The van der Waals surface area contributed by atoms with Gasteiger partial charge in [-0.15, -0.1) is 0 Å². The monoisotopic (exact) mass is 344 g/mol. The van der Waals surface area contributed by atoms with Crippen molar-refractivity contribution in [1.29, 1.82) is 0 Å². The molecule has 1 unspecified atom stereocenters. The second kappa shape index (κ2) is 7.04. The fraction of sp³-hybridized carbons (Fsp3) is 0.375. The number of nitrogens with zero attached hydrogens (tertiary/aromatic N) is 5. The van der Waals surface area contributed by atoms with Crippen LogP contribution in [0.3, 0.4) is 0 Å². The molecule has 0 amide bonds. The lowest BCUT2D eigenvalue weighted by molar-refractivity contribution is 0.635. The first-order chi connectivity index (χ1) is 11.6. The van der Waals surface area contributed by atoms with Crippen molar-refractivity contribution in [3.63, 3.8) is 0 Å². The number of anilines is 1. The molecule has 3 rings (SSSR count). The molecule has 8 heteroatoms. The van der Waals surface area contributed by atoms with Crippen molar-refractivity contribution in [2.45, 2.75) is 38.4 Å². The van der Waals surface area contributed by atoms with Gasteiger partial charge in [-0.05, 0) is 38.3 Å². The van der Waals surface area contributed by atoms with Gasteiger partial charge < -0.3 is 10.3 Å². The molecule has 0 aliphatic rings. The maximum absolute atomic E-state index is 12.1. The van der Waals surface area contributed by atoms with E-state index < -0.39 is 10.8 Å². The second-order valence-corrected chi connectivity index (χ2v) is 7.10. The molecule has 0 saturated heterocycles. The first-order valence-corrected chi connectivity index (χ1v) is 9.12. The maximum Gasteiger partial charge on any atom is 0.218 e. The minimum atomic E-state index is -1.15. The van der Waals surface area contributed by atoms with Crippen molar-refractivity contribution in [3.05, 3.63) is 36.0 Å². The van der Waals surface area contributed by atoms with E-state index in [1.165, 1.54) is 0 Å². The van der Waals surface area contributed by atoms with E-state index >= 15 is 0 Å². The molecule has 0 aliphatic carbocycles. The van der Waals surface area contributed by atoms with Gasteiger partial charge in [0.15, 0.2) is 5.82 Å². The van der Waals surface area contributed by atoms with E-state index in [1.54, 1.807) is 24.8 Å². The summed E-state index contributed by atoms with van der Waals surface area (Å²) in [5.74, 6) is 1.02. The quantitative estimate of drug-likeness (QED) is 0.542. The van der Waals surface area contributed by atoms with Crippen LogP contribution in [0.25, 0.3) is 11.0 Å². The summed E-state index contributed by atoms with van der Waals surface area (Å²) in [6.07, 6.45) is 6.74. The molecule has 126 valence electrons. The fourth-order valence-electron chi connectivity index (χ4n) is 2.63. The van der Waals surface area contributed by atoms with Crippen LogP contribution in [-0.4, -0.2) is 34.5 Å². The van der Waals surface area contributed by atoms with Crippen LogP contribution in [-0.2, 0) is 17.3 Å². The highest BCUT2D eigenvalue weighted by atomic mass is 32.2. The van der Waals surface area contributed by atoms with Crippen LogP contribution in [0.1, 0.15) is 24.1 Å². The highest BCUT2D eigenvalue weighted by Crippen LogP contribution is 2.24. The number of aryl methyl sites for hydroxylation is 3. The average Bonchev–Trinajstić information content (AvgIpc) is 3.02. The third-order valence-corrected chi connectivity index (χ3v) is 5.27. The fourth-order valence-corrected chi connectivity index (χ4v) is 3.64. The lowest BCUT2D eigenvalue weighted by Gasteiger charge is -2.09. The molecule has 0 aromatic carbocycles. The average molecular weight is 344 g/mol. The Morgan fingerprint density at radius 3 is 2.67 bits per heavy atom. The summed E-state index contributed by atoms with van der Waals surface area (Å²) in [5, 5.41) is 0.399. The number of aromatic nitrogens is 5. The molecule has 3 heterocycles. The van der Waals surface area contributed by atoms with Crippen molar-refractivity contribution >= 4 is 27.7 Å². The molecule has 0 bridgehead atoms. The van der Waals surface area contributed by atoms with Crippen LogP contribution >= 0.6 is 0 Å². The van der Waals surface area contributed by atoms with Gasteiger partial charge >= 0.3 is 0 Å². The van der Waals surface area contributed by atoms with Crippen molar-refractivity contribution < 1.29 is 4.21 Å². The van der Waals surface area contributed by atoms with E-state index in [9.17, 15) is 4.21 Å². The van der Waals surface area contributed by atoms with Gasteiger partial charge in [0.05, 0.1) is 22.6 Å². The SMILES string of the molecule is Cc1nc(N)c2ncn(CCCCS(=O)c3ncccn3)c2c1C. The first-order valence-electron chi connectivity index (χ1n) is 7.81. The van der Waals surface area contributed by atoms with Gasteiger partial charge in [0, 0.05) is 30.4 Å². The highest BCUT2D eigenvalue weighted by molar-refractivity contribution is 7.84. The zero-order chi connectivity index (χ0) is 17.1. The highest BCUT2D eigenvalue weighted by Gasteiger charge is 2.12. The largest absolute Gasteiger partial charge is 0.382 e. The Morgan fingerprint density at radius 2 is 1.92 bits per heavy atom. The number of fused-ring (bicyclic) bond motifs is 1. The molecule has 0 aliphatic heterocycles. The molecule has 0 saturated carbocycles. The molecule has 0 radical (unpaired) electrons. The van der Waals surface area contributed by atoms with Crippen molar-refractivity contribution in [3.8, 4) is 0 Å². The Balaban J connectivity index is 1.64. The molecule has 2 N–H and O–H groups in total. The van der Waals surface area contributed by atoms with E-state index in [1.807, 2.05) is 13.8 Å². The number of hydrogen-bond acceptors (Lipinski definition) is 6. The van der Waals surface area contributed by atoms with Crippen molar-refractivity contribution in [1.82, 2.24) is 24.5 Å². The van der Waals surface area contributed by atoms with Crippen molar-refractivity contribution in [2.75, 3.05) is 11.5 Å². The Kier molecular flexibility index (Phi) is 4.84. The predicted octanol–water partition coefficient (Wildman–Crippen LogP) is 2.01. The van der Waals surface area contributed by atoms with Crippen molar-refractivity contribution in [2.24, 2.45) is 0 Å². The summed E-state index contributed by atoms with van der Waals surface area (Å²) in [4.78, 5) is 16.8. The number of rotatable bonds is 6. The molecule has 24 heavy (non-hydrogen) atoms. The predicted molar refractivity (Wildman–Crippen MR) is 94.0 cm³/mol. The topological polar surface area (TPSA) is 99.6 Å². The van der Waals surface area contributed by atoms with Crippen LogP contribution in [0.2, 0.25) is 0 Å². The van der Waals surface area contributed by atoms with Gasteiger partial charge in [-0.2, -0.15) is 0 Å². The minimum absolute atomic E-state index is 0.399. The lowest BCUT2D eigenvalue weighted by atomic mass is 10.2. The zero-order valence-electron chi connectivity index (χ0n) is 13.8. The molecule has 1 atom stereocenters. The number of unbranched alkanes of at least 4 members (excludes halogenated alkanes) is 1. The van der Waals surface area contributed by atoms with Crippen LogP contribution < -0.4 is 5.73 Å². The van der Waals surface area contributed by atoms with Gasteiger partial charge in [0.1, 0.15) is 5.52 Å². The van der Waals surface area contributed by atoms with Crippen LogP contribution in [0.5, 0.6) is 0 Å². The van der Waals surface area contributed by atoms with Crippen LogP contribution in [0, 0.1) is 13.8 Å². The van der Waals surface area contributed by atoms with Gasteiger partial charge in [0.2, 0.25) is 5.16 Å². The van der Waals surface area contributed by atoms with Gasteiger partial charge in [-0.1, -0.05) is 0 Å². The Bertz CT molecular complexity index is 877. The summed E-state index contributed by atoms with van der Waals surface area (Å²) in [7, 11) is -1.15. The minimum Gasteiger partial charge on any atom is -0.382 e. The van der Waals surface area contributed by atoms with E-state index in [0.717, 1.165) is 41.7 Å². The molecule has 3 aromatic heterocycles. The van der Waals surface area contributed by atoms with Gasteiger partial charge in [-0.25, -0.2) is 19.9 Å². The number of nitrogens with two attached hydrogens (primary N) is 1. The first kappa shape index (κ1) is 16.5.